The van der Waals surface area contributed by atoms with Gasteiger partial charge in [-0.05, 0) is 56.9 Å². The molecule has 0 spiro atoms. The molecule has 2 aromatic carbocycles. The highest BCUT2D eigenvalue weighted by molar-refractivity contribution is 5.96. The molecule has 0 unspecified atom stereocenters. The van der Waals surface area contributed by atoms with Crippen LogP contribution in [0, 0.1) is 27.7 Å². The molecule has 0 radical (unpaired) electrons. The van der Waals surface area contributed by atoms with E-state index in [1.54, 1.807) is 6.92 Å². The van der Waals surface area contributed by atoms with Crippen molar-refractivity contribution in [3.05, 3.63) is 70.0 Å². The Morgan fingerprint density at radius 2 is 1.80 bits per heavy atom. The second kappa shape index (κ2) is 8.90. The second-order valence-electron chi connectivity index (χ2n) is 7.30. The molecule has 1 N–H and O–H groups in total. The topological polar surface area (TPSA) is 86.1 Å². The van der Waals surface area contributed by atoms with E-state index >= 15 is 0 Å². The van der Waals surface area contributed by atoms with E-state index in [0.29, 0.717) is 5.69 Å². The number of rotatable bonds is 6. The van der Waals surface area contributed by atoms with Crippen LogP contribution in [0.4, 0.5) is 5.69 Å². The summed E-state index contributed by atoms with van der Waals surface area (Å²) in [6, 6.07) is 11.7. The molecule has 1 aromatic heterocycles. The lowest BCUT2D eigenvalue weighted by molar-refractivity contribution is -0.119. The van der Waals surface area contributed by atoms with E-state index < -0.39 is 18.5 Å². The molecule has 0 aliphatic heterocycles. The van der Waals surface area contributed by atoms with Gasteiger partial charge in [-0.25, -0.2) is 4.79 Å². The summed E-state index contributed by atoms with van der Waals surface area (Å²) in [6.45, 7) is 9.20. The number of nitrogens with one attached hydrogen (secondary N) is 1. The van der Waals surface area contributed by atoms with Crippen LogP contribution in [0.25, 0.3) is 5.69 Å². The van der Waals surface area contributed by atoms with Crippen molar-refractivity contribution in [2.75, 3.05) is 11.9 Å². The summed E-state index contributed by atoms with van der Waals surface area (Å²) in [5, 5.41) is 11.4. The standard InChI is InChI=1S/C23H26N4O3/c1-6-18-9-7-8-15(3)21(18)24-20(28)13-30-23(29)22-17(5)25-27(26-22)19-11-10-14(2)12-16(19)4/h7-12H,6,13H2,1-5H3,(H,24,28). The van der Waals surface area contributed by atoms with Crippen LogP contribution < -0.4 is 5.32 Å². The first-order valence-corrected chi connectivity index (χ1v) is 9.87. The van der Waals surface area contributed by atoms with Crippen LogP contribution in [0.2, 0.25) is 0 Å². The predicted octanol–water partition coefficient (Wildman–Crippen LogP) is 3.86. The van der Waals surface area contributed by atoms with Gasteiger partial charge in [0.15, 0.2) is 12.3 Å². The minimum atomic E-state index is -0.681. The Morgan fingerprint density at radius 3 is 2.50 bits per heavy atom. The summed E-state index contributed by atoms with van der Waals surface area (Å²) in [7, 11) is 0. The minimum absolute atomic E-state index is 0.0907. The quantitative estimate of drug-likeness (QED) is 0.628. The molecule has 0 atom stereocenters. The van der Waals surface area contributed by atoms with Crippen LogP contribution in [0.1, 0.15) is 45.4 Å². The average Bonchev–Trinajstić information content (AvgIpc) is 3.09. The van der Waals surface area contributed by atoms with E-state index in [9.17, 15) is 9.59 Å². The van der Waals surface area contributed by atoms with Crippen molar-refractivity contribution in [3.8, 4) is 5.69 Å². The number of aryl methyl sites for hydroxylation is 5. The van der Waals surface area contributed by atoms with Gasteiger partial charge < -0.3 is 10.1 Å². The van der Waals surface area contributed by atoms with Crippen molar-refractivity contribution < 1.29 is 14.3 Å². The predicted molar refractivity (Wildman–Crippen MR) is 115 cm³/mol. The molecule has 30 heavy (non-hydrogen) atoms. The molecular weight excluding hydrogens is 380 g/mol. The first-order chi connectivity index (χ1) is 14.3. The van der Waals surface area contributed by atoms with Crippen molar-refractivity contribution in [2.24, 2.45) is 0 Å². The van der Waals surface area contributed by atoms with E-state index in [2.05, 4.69) is 15.5 Å². The van der Waals surface area contributed by atoms with Crippen LogP contribution >= 0.6 is 0 Å². The molecule has 0 aliphatic carbocycles. The fourth-order valence-electron chi connectivity index (χ4n) is 3.28. The monoisotopic (exact) mass is 406 g/mol. The Labute approximate surface area is 176 Å². The Balaban J connectivity index is 1.68. The summed E-state index contributed by atoms with van der Waals surface area (Å²) >= 11 is 0. The number of esters is 1. The highest BCUT2D eigenvalue weighted by atomic mass is 16.5. The van der Waals surface area contributed by atoms with Gasteiger partial charge in [0.25, 0.3) is 5.91 Å². The van der Waals surface area contributed by atoms with Gasteiger partial charge in [-0.2, -0.15) is 9.90 Å². The molecule has 3 aromatic rings. The van der Waals surface area contributed by atoms with E-state index in [-0.39, 0.29) is 5.69 Å². The van der Waals surface area contributed by atoms with Crippen LogP contribution in [-0.2, 0) is 16.0 Å². The van der Waals surface area contributed by atoms with Crippen LogP contribution in [-0.4, -0.2) is 33.5 Å². The summed E-state index contributed by atoms with van der Waals surface area (Å²) < 4.78 is 5.19. The zero-order valence-electron chi connectivity index (χ0n) is 17.9. The number of hydrogen-bond donors (Lipinski definition) is 1. The number of ether oxygens (including phenoxy) is 1. The number of aromatic nitrogens is 3. The third kappa shape index (κ3) is 4.56. The SMILES string of the molecule is CCc1cccc(C)c1NC(=O)COC(=O)c1nn(-c2ccc(C)cc2C)nc1C. The fraction of sp³-hybridized carbons (Fsp3) is 0.304. The van der Waals surface area contributed by atoms with Crippen molar-refractivity contribution >= 4 is 17.6 Å². The normalized spacial score (nSPS) is 10.7. The Hall–Kier alpha value is -3.48. The Morgan fingerprint density at radius 1 is 1.03 bits per heavy atom. The number of hydrogen-bond acceptors (Lipinski definition) is 5. The third-order valence-electron chi connectivity index (χ3n) is 4.88. The number of para-hydroxylation sites is 1. The van der Waals surface area contributed by atoms with Crippen molar-refractivity contribution in [3.63, 3.8) is 0 Å². The first-order valence-electron chi connectivity index (χ1n) is 9.87. The van der Waals surface area contributed by atoms with Crippen LogP contribution in [0.15, 0.2) is 36.4 Å². The van der Waals surface area contributed by atoms with E-state index in [1.807, 2.05) is 64.1 Å². The van der Waals surface area contributed by atoms with Gasteiger partial charge in [0, 0.05) is 5.69 Å². The summed E-state index contributed by atoms with van der Waals surface area (Å²) in [6.07, 6.45) is 0.789. The number of nitrogens with zero attached hydrogens (tertiary/aromatic N) is 3. The zero-order chi connectivity index (χ0) is 21.8. The van der Waals surface area contributed by atoms with Crippen molar-refractivity contribution in [2.45, 2.75) is 41.0 Å². The van der Waals surface area contributed by atoms with Crippen LogP contribution in [0.3, 0.4) is 0 Å². The maximum Gasteiger partial charge on any atom is 0.361 e. The Kier molecular flexibility index (Phi) is 6.30. The molecule has 0 aliphatic rings. The maximum atomic E-state index is 12.5. The van der Waals surface area contributed by atoms with Gasteiger partial charge in [0.2, 0.25) is 0 Å². The van der Waals surface area contributed by atoms with E-state index in [0.717, 1.165) is 40.0 Å². The highest BCUT2D eigenvalue weighted by Gasteiger charge is 2.20. The van der Waals surface area contributed by atoms with Crippen molar-refractivity contribution in [1.82, 2.24) is 15.0 Å². The molecule has 1 amide bonds. The molecule has 0 fully saturated rings. The smallest absolute Gasteiger partial charge is 0.361 e. The molecule has 3 rings (SSSR count). The number of carbonyl (C=O) groups excluding carboxylic acids is 2. The van der Waals surface area contributed by atoms with E-state index in [4.69, 9.17) is 4.74 Å². The molecule has 1 heterocycles. The van der Waals surface area contributed by atoms with E-state index in [1.165, 1.54) is 4.80 Å². The highest BCUT2D eigenvalue weighted by Crippen LogP contribution is 2.21. The minimum Gasteiger partial charge on any atom is -0.451 e. The molecule has 156 valence electrons. The molecule has 0 saturated carbocycles. The molecule has 0 bridgehead atoms. The largest absolute Gasteiger partial charge is 0.451 e. The van der Waals surface area contributed by atoms with Gasteiger partial charge in [0.05, 0.1) is 11.4 Å². The number of carbonyl (C=O) groups is 2. The molecular formula is C23H26N4O3. The number of amides is 1. The fourth-order valence-corrected chi connectivity index (χ4v) is 3.28. The lowest BCUT2D eigenvalue weighted by Crippen LogP contribution is -2.22. The zero-order valence-corrected chi connectivity index (χ0v) is 17.9. The lowest BCUT2D eigenvalue weighted by Gasteiger charge is -2.12. The van der Waals surface area contributed by atoms with Gasteiger partial charge in [-0.15, -0.1) is 5.10 Å². The van der Waals surface area contributed by atoms with Crippen LogP contribution in [0.5, 0.6) is 0 Å². The third-order valence-corrected chi connectivity index (χ3v) is 4.88. The van der Waals surface area contributed by atoms with Gasteiger partial charge >= 0.3 is 5.97 Å². The molecule has 7 nitrogen and oxygen atoms in total. The summed E-state index contributed by atoms with van der Waals surface area (Å²) in [5.41, 5.74) is 6.19. The molecule has 0 saturated heterocycles. The van der Waals surface area contributed by atoms with Gasteiger partial charge in [-0.1, -0.05) is 42.8 Å². The summed E-state index contributed by atoms with van der Waals surface area (Å²) in [4.78, 5) is 26.2. The number of benzene rings is 2. The van der Waals surface area contributed by atoms with Gasteiger partial charge in [0.1, 0.15) is 0 Å². The first kappa shape index (κ1) is 21.2. The lowest BCUT2D eigenvalue weighted by atomic mass is 10.1. The second-order valence-corrected chi connectivity index (χ2v) is 7.30. The van der Waals surface area contributed by atoms with Crippen molar-refractivity contribution in [1.29, 1.82) is 0 Å². The maximum absolute atomic E-state index is 12.5. The number of anilines is 1. The molecule has 7 heteroatoms. The summed E-state index contributed by atoms with van der Waals surface area (Å²) in [5.74, 6) is -1.08. The average molecular weight is 406 g/mol. The Bertz CT molecular complexity index is 1100. The van der Waals surface area contributed by atoms with Gasteiger partial charge in [-0.3, -0.25) is 4.79 Å².